The standard InChI is InChI=1S/C7H12N2O4S/c8-14(12,13)5-3-6-2-1-4-9(6)7(10)11/h3,5-6H,1-2,4H2,(H,10,11)(H2,8,12,13)/b5-3+/t6-/m0/s1. The van der Waals surface area contributed by atoms with Gasteiger partial charge in [0.2, 0.25) is 10.0 Å². The first kappa shape index (κ1) is 11.0. The van der Waals surface area contributed by atoms with E-state index in [-0.39, 0.29) is 6.04 Å². The summed E-state index contributed by atoms with van der Waals surface area (Å²) in [6.45, 7) is 0.439. The molecule has 1 aliphatic rings. The molecule has 6 nitrogen and oxygen atoms in total. The van der Waals surface area contributed by atoms with E-state index in [1.54, 1.807) is 0 Å². The van der Waals surface area contributed by atoms with Crippen LogP contribution >= 0.6 is 0 Å². The van der Waals surface area contributed by atoms with E-state index in [0.29, 0.717) is 13.0 Å². The molecule has 0 bridgehead atoms. The molecule has 80 valence electrons. The molecule has 1 saturated heterocycles. The Kier molecular flexibility index (Phi) is 3.12. The fraction of sp³-hybridized carbons (Fsp3) is 0.571. The Morgan fingerprint density at radius 3 is 2.71 bits per heavy atom. The zero-order chi connectivity index (χ0) is 10.8. The van der Waals surface area contributed by atoms with E-state index in [1.165, 1.54) is 11.0 Å². The molecule has 1 atom stereocenters. The second-order valence-corrected chi connectivity index (χ2v) is 4.55. The van der Waals surface area contributed by atoms with Crippen molar-refractivity contribution in [3.05, 3.63) is 11.5 Å². The maximum atomic E-state index is 10.6. The molecule has 1 amide bonds. The topological polar surface area (TPSA) is 101 Å². The minimum atomic E-state index is -3.66. The van der Waals surface area contributed by atoms with Crippen molar-refractivity contribution in [3.63, 3.8) is 0 Å². The van der Waals surface area contributed by atoms with Crippen molar-refractivity contribution in [1.82, 2.24) is 4.90 Å². The summed E-state index contributed by atoms with van der Waals surface area (Å²) in [5.41, 5.74) is 0. The van der Waals surface area contributed by atoms with E-state index < -0.39 is 16.1 Å². The number of nitrogens with zero attached hydrogens (tertiary/aromatic N) is 1. The van der Waals surface area contributed by atoms with Crippen molar-refractivity contribution in [3.8, 4) is 0 Å². The van der Waals surface area contributed by atoms with E-state index in [0.717, 1.165) is 11.8 Å². The summed E-state index contributed by atoms with van der Waals surface area (Å²) in [6.07, 6.45) is 1.66. The fourth-order valence-electron chi connectivity index (χ4n) is 1.43. The van der Waals surface area contributed by atoms with Crippen molar-refractivity contribution in [1.29, 1.82) is 0 Å². The number of hydrogen-bond acceptors (Lipinski definition) is 3. The average molecular weight is 220 g/mol. The van der Waals surface area contributed by atoms with Crippen LogP contribution in [0.15, 0.2) is 11.5 Å². The predicted octanol–water partition coefficient (Wildman–Crippen LogP) is -0.0690. The van der Waals surface area contributed by atoms with Crippen LogP contribution in [-0.4, -0.2) is 37.1 Å². The van der Waals surface area contributed by atoms with Gasteiger partial charge in [-0.1, -0.05) is 0 Å². The van der Waals surface area contributed by atoms with Crippen molar-refractivity contribution in [2.45, 2.75) is 18.9 Å². The highest BCUT2D eigenvalue weighted by Crippen LogP contribution is 2.18. The summed E-state index contributed by atoms with van der Waals surface area (Å²) in [7, 11) is -3.66. The van der Waals surface area contributed by atoms with Crippen LogP contribution in [-0.2, 0) is 10.0 Å². The molecule has 1 rings (SSSR count). The summed E-state index contributed by atoms with van der Waals surface area (Å²) in [5.74, 6) is 0. The molecule has 0 aliphatic carbocycles. The molecule has 1 fully saturated rings. The molecule has 1 aliphatic heterocycles. The summed E-state index contributed by atoms with van der Waals surface area (Å²) in [6, 6.07) is -0.370. The summed E-state index contributed by atoms with van der Waals surface area (Å²) in [4.78, 5) is 11.8. The third kappa shape index (κ3) is 3.00. The van der Waals surface area contributed by atoms with Crippen molar-refractivity contribution < 1.29 is 18.3 Å². The zero-order valence-corrected chi connectivity index (χ0v) is 8.27. The Bertz CT molecular complexity index is 349. The van der Waals surface area contributed by atoms with Crippen LogP contribution in [0.4, 0.5) is 4.79 Å². The van der Waals surface area contributed by atoms with Gasteiger partial charge in [0, 0.05) is 12.0 Å². The molecule has 0 aromatic heterocycles. The molecule has 7 heteroatoms. The molecule has 0 aromatic carbocycles. The highest BCUT2D eigenvalue weighted by atomic mass is 32.2. The van der Waals surface area contributed by atoms with Crippen molar-refractivity contribution in [2.75, 3.05) is 6.54 Å². The molecule has 1 heterocycles. The monoisotopic (exact) mass is 220 g/mol. The van der Waals surface area contributed by atoms with Crippen LogP contribution in [0.2, 0.25) is 0 Å². The average Bonchev–Trinajstić information content (AvgIpc) is 2.46. The van der Waals surface area contributed by atoms with Crippen LogP contribution in [0.3, 0.4) is 0 Å². The first-order valence-electron chi connectivity index (χ1n) is 4.11. The van der Waals surface area contributed by atoms with Gasteiger partial charge < -0.3 is 10.0 Å². The quantitative estimate of drug-likeness (QED) is 0.680. The van der Waals surface area contributed by atoms with Gasteiger partial charge in [-0.15, -0.1) is 0 Å². The smallest absolute Gasteiger partial charge is 0.407 e. The summed E-state index contributed by atoms with van der Waals surface area (Å²) in [5, 5.41) is 14.3. The zero-order valence-electron chi connectivity index (χ0n) is 7.46. The maximum Gasteiger partial charge on any atom is 0.407 e. The van der Waals surface area contributed by atoms with Gasteiger partial charge in [0.25, 0.3) is 0 Å². The molecule has 0 radical (unpaired) electrons. The lowest BCUT2D eigenvalue weighted by atomic mass is 10.2. The van der Waals surface area contributed by atoms with Gasteiger partial charge in [0.1, 0.15) is 0 Å². The minimum Gasteiger partial charge on any atom is -0.465 e. The van der Waals surface area contributed by atoms with E-state index in [2.05, 4.69) is 0 Å². The van der Waals surface area contributed by atoms with E-state index >= 15 is 0 Å². The number of primary sulfonamides is 1. The van der Waals surface area contributed by atoms with Gasteiger partial charge in [-0.05, 0) is 18.9 Å². The molecular formula is C7H12N2O4S. The number of nitrogens with two attached hydrogens (primary N) is 1. The number of carbonyl (C=O) groups is 1. The van der Waals surface area contributed by atoms with Crippen LogP contribution in [0.25, 0.3) is 0 Å². The number of likely N-dealkylation sites (tertiary alicyclic amines) is 1. The maximum absolute atomic E-state index is 10.6. The fourth-order valence-corrected chi connectivity index (χ4v) is 1.83. The van der Waals surface area contributed by atoms with E-state index in [4.69, 9.17) is 10.2 Å². The second kappa shape index (κ2) is 3.97. The van der Waals surface area contributed by atoms with Gasteiger partial charge in [0.05, 0.1) is 6.04 Å². The van der Waals surface area contributed by atoms with Gasteiger partial charge in [0.15, 0.2) is 0 Å². The van der Waals surface area contributed by atoms with E-state index in [9.17, 15) is 13.2 Å². The number of sulfonamides is 1. The molecule has 0 saturated carbocycles. The highest BCUT2D eigenvalue weighted by Gasteiger charge is 2.26. The first-order chi connectivity index (χ1) is 6.40. The molecule has 0 unspecified atom stereocenters. The van der Waals surface area contributed by atoms with Gasteiger partial charge in [-0.2, -0.15) is 0 Å². The Morgan fingerprint density at radius 2 is 2.21 bits per heavy atom. The van der Waals surface area contributed by atoms with Crippen LogP contribution in [0.1, 0.15) is 12.8 Å². The summed E-state index contributed by atoms with van der Waals surface area (Å²) < 4.78 is 21.2. The Hall–Kier alpha value is -1.08. The van der Waals surface area contributed by atoms with E-state index in [1.807, 2.05) is 0 Å². The molecule has 0 aromatic rings. The second-order valence-electron chi connectivity index (χ2n) is 3.10. The normalized spacial score (nSPS) is 23.2. The van der Waals surface area contributed by atoms with Gasteiger partial charge in [-0.3, -0.25) is 0 Å². The Labute approximate surface area is 82.0 Å². The SMILES string of the molecule is NS(=O)(=O)/C=C/[C@@H]1CCCN1C(=O)O. The third-order valence-electron chi connectivity index (χ3n) is 2.04. The Morgan fingerprint density at radius 1 is 1.57 bits per heavy atom. The molecule has 0 spiro atoms. The van der Waals surface area contributed by atoms with Crippen LogP contribution < -0.4 is 5.14 Å². The minimum absolute atomic E-state index is 0.370. The number of amides is 1. The van der Waals surface area contributed by atoms with Crippen molar-refractivity contribution in [2.24, 2.45) is 5.14 Å². The lowest BCUT2D eigenvalue weighted by Gasteiger charge is -2.17. The van der Waals surface area contributed by atoms with Crippen LogP contribution in [0.5, 0.6) is 0 Å². The Balaban J connectivity index is 2.69. The summed E-state index contributed by atoms with van der Waals surface area (Å²) >= 11 is 0. The lowest BCUT2D eigenvalue weighted by molar-refractivity contribution is 0.147. The third-order valence-corrected chi connectivity index (χ3v) is 2.57. The number of hydrogen-bond donors (Lipinski definition) is 2. The first-order valence-corrected chi connectivity index (χ1v) is 5.71. The highest BCUT2D eigenvalue weighted by molar-refractivity contribution is 7.92. The molecular weight excluding hydrogens is 208 g/mol. The van der Waals surface area contributed by atoms with Gasteiger partial charge >= 0.3 is 6.09 Å². The largest absolute Gasteiger partial charge is 0.465 e. The predicted molar refractivity (Wildman–Crippen MR) is 50.0 cm³/mol. The van der Waals surface area contributed by atoms with Gasteiger partial charge in [-0.25, -0.2) is 18.4 Å². The lowest BCUT2D eigenvalue weighted by Crippen LogP contribution is -2.33. The molecule has 14 heavy (non-hydrogen) atoms. The van der Waals surface area contributed by atoms with Crippen molar-refractivity contribution >= 4 is 16.1 Å². The number of carboxylic acid groups (broad SMARTS) is 1. The number of rotatable bonds is 2. The van der Waals surface area contributed by atoms with Crippen LogP contribution in [0, 0.1) is 0 Å². The molecule has 3 N–H and O–H groups in total.